The molecule has 0 radical (unpaired) electrons. The third kappa shape index (κ3) is 4.75. The third-order valence-electron chi connectivity index (χ3n) is 4.80. The molecule has 27 heavy (non-hydrogen) atoms. The Morgan fingerprint density at radius 1 is 1.22 bits per heavy atom. The fourth-order valence-electron chi connectivity index (χ4n) is 3.26. The number of carbonyl (C=O) groups excluding carboxylic acids is 1. The van der Waals surface area contributed by atoms with Gasteiger partial charge in [0.15, 0.2) is 5.82 Å². The Kier molecular flexibility index (Phi) is 6.28. The summed E-state index contributed by atoms with van der Waals surface area (Å²) in [6.45, 7) is 9.55. The number of fused-ring (bicyclic) bond motifs is 1. The first-order valence-electron chi connectivity index (χ1n) is 9.49. The number of hydrogen-bond acceptors (Lipinski definition) is 6. The number of carbonyl (C=O) groups is 1. The fourth-order valence-corrected chi connectivity index (χ4v) is 3.26. The molecule has 0 saturated carbocycles. The summed E-state index contributed by atoms with van der Waals surface area (Å²) in [7, 11) is 1.66. The molecule has 0 fully saturated rings. The second-order valence-corrected chi connectivity index (χ2v) is 7.34. The van der Waals surface area contributed by atoms with Crippen molar-refractivity contribution in [2.45, 2.75) is 52.9 Å². The standard InChI is InChI=1S/C19H29N5O3/c1-13(2)19(25)20-14(3)18-22-21-17-7-8-23(9-10-24(17)18)11-15-5-6-16(27-15)12-26-4/h5-6,13-14H,7-12H2,1-4H3,(H,20,25). The predicted octanol–water partition coefficient (Wildman–Crippen LogP) is 1.91. The van der Waals surface area contributed by atoms with Crippen LogP contribution in [0.1, 0.15) is 50.0 Å². The Morgan fingerprint density at radius 2 is 2.00 bits per heavy atom. The van der Waals surface area contributed by atoms with E-state index in [-0.39, 0.29) is 17.9 Å². The van der Waals surface area contributed by atoms with Gasteiger partial charge < -0.3 is 19.0 Å². The minimum atomic E-state index is -0.158. The van der Waals surface area contributed by atoms with Gasteiger partial charge in [0.25, 0.3) is 0 Å². The molecular formula is C19H29N5O3. The molecule has 1 atom stereocenters. The second-order valence-electron chi connectivity index (χ2n) is 7.34. The minimum absolute atomic E-state index is 0.0276. The van der Waals surface area contributed by atoms with Gasteiger partial charge in [0.05, 0.1) is 12.6 Å². The molecule has 1 N–H and O–H groups in total. The maximum atomic E-state index is 12.0. The van der Waals surface area contributed by atoms with Crippen molar-refractivity contribution in [1.29, 1.82) is 0 Å². The highest BCUT2D eigenvalue weighted by Crippen LogP contribution is 2.18. The number of amides is 1. The average Bonchev–Trinajstić information content (AvgIpc) is 3.19. The Labute approximate surface area is 159 Å². The predicted molar refractivity (Wildman–Crippen MR) is 99.8 cm³/mol. The van der Waals surface area contributed by atoms with Crippen molar-refractivity contribution in [3.05, 3.63) is 35.3 Å². The lowest BCUT2D eigenvalue weighted by Gasteiger charge is -2.19. The molecule has 2 aromatic rings. The molecule has 148 valence electrons. The Morgan fingerprint density at radius 3 is 2.74 bits per heavy atom. The van der Waals surface area contributed by atoms with E-state index in [1.165, 1.54) is 0 Å². The number of methoxy groups -OCH3 is 1. The van der Waals surface area contributed by atoms with Crippen molar-refractivity contribution in [2.24, 2.45) is 5.92 Å². The first-order valence-corrected chi connectivity index (χ1v) is 9.49. The van der Waals surface area contributed by atoms with Gasteiger partial charge in [-0.2, -0.15) is 0 Å². The Hall–Kier alpha value is -2.19. The van der Waals surface area contributed by atoms with E-state index < -0.39 is 0 Å². The van der Waals surface area contributed by atoms with E-state index in [9.17, 15) is 4.79 Å². The first kappa shape index (κ1) is 19.6. The van der Waals surface area contributed by atoms with Crippen LogP contribution in [-0.2, 0) is 35.6 Å². The summed E-state index contributed by atoms with van der Waals surface area (Å²) in [6, 6.07) is 3.81. The monoisotopic (exact) mass is 375 g/mol. The van der Waals surface area contributed by atoms with Crippen LogP contribution in [0.15, 0.2) is 16.5 Å². The topological polar surface area (TPSA) is 85.4 Å². The lowest BCUT2D eigenvalue weighted by Crippen LogP contribution is -2.32. The van der Waals surface area contributed by atoms with Crippen LogP contribution in [0.3, 0.4) is 0 Å². The molecule has 8 nitrogen and oxygen atoms in total. The molecule has 0 aromatic carbocycles. The summed E-state index contributed by atoms with van der Waals surface area (Å²) in [6.07, 6.45) is 0.823. The number of nitrogens with one attached hydrogen (secondary N) is 1. The van der Waals surface area contributed by atoms with Crippen LogP contribution in [0.2, 0.25) is 0 Å². The normalized spacial score (nSPS) is 16.2. The molecule has 0 bridgehead atoms. The lowest BCUT2D eigenvalue weighted by atomic mass is 10.2. The van der Waals surface area contributed by atoms with Crippen molar-refractivity contribution in [2.75, 3.05) is 20.2 Å². The van der Waals surface area contributed by atoms with Crippen LogP contribution in [0.4, 0.5) is 0 Å². The van der Waals surface area contributed by atoms with E-state index in [1.807, 2.05) is 32.9 Å². The van der Waals surface area contributed by atoms with E-state index in [0.29, 0.717) is 6.61 Å². The minimum Gasteiger partial charge on any atom is -0.462 e. The molecule has 8 heteroatoms. The number of ether oxygens (including phenoxy) is 1. The number of furan rings is 1. The maximum Gasteiger partial charge on any atom is 0.223 e. The second kappa shape index (κ2) is 8.67. The van der Waals surface area contributed by atoms with Crippen LogP contribution in [0, 0.1) is 5.92 Å². The molecule has 2 aromatic heterocycles. The molecule has 0 saturated heterocycles. The quantitative estimate of drug-likeness (QED) is 0.796. The zero-order valence-electron chi connectivity index (χ0n) is 16.6. The van der Waals surface area contributed by atoms with Gasteiger partial charge >= 0.3 is 0 Å². The van der Waals surface area contributed by atoms with Gasteiger partial charge in [0.2, 0.25) is 5.91 Å². The highest BCUT2D eigenvalue weighted by atomic mass is 16.5. The summed E-state index contributed by atoms with van der Waals surface area (Å²) < 4.78 is 13.1. The summed E-state index contributed by atoms with van der Waals surface area (Å²) in [5.41, 5.74) is 0. The van der Waals surface area contributed by atoms with Gasteiger partial charge in [0, 0.05) is 39.1 Å². The molecular weight excluding hydrogens is 346 g/mol. The third-order valence-corrected chi connectivity index (χ3v) is 4.80. The Balaban J connectivity index is 1.62. The number of nitrogens with zero attached hydrogens (tertiary/aromatic N) is 4. The van der Waals surface area contributed by atoms with Crippen molar-refractivity contribution in [1.82, 2.24) is 25.0 Å². The molecule has 0 aliphatic carbocycles. The molecule has 0 spiro atoms. The SMILES string of the molecule is COCc1ccc(CN2CCc3nnc(C(C)NC(=O)C(C)C)n3CC2)o1. The molecule has 1 aliphatic rings. The van der Waals surface area contributed by atoms with Gasteiger partial charge in [-0.05, 0) is 19.1 Å². The van der Waals surface area contributed by atoms with Gasteiger partial charge in [-0.25, -0.2) is 0 Å². The van der Waals surface area contributed by atoms with Crippen LogP contribution in [-0.4, -0.2) is 45.8 Å². The zero-order valence-corrected chi connectivity index (χ0v) is 16.6. The fraction of sp³-hybridized carbons (Fsp3) is 0.632. The molecule has 3 heterocycles. The maximum absolute atomic E-state index is 12.0. The van der Waals surface area contributed by atoms with Crippen molar-refractivity contribution >= 4 is 5.91 Å². The lowest BCUT2D eigenvalue weighted by molar-refractivity contribution is -0.124. The number of aromatic nitrogens is 3. The largest absolute Gasteiger partial charge is 0.462 e. The highest BCUT2D eigenvalue weighted by Gasteiger charge is 2.23. The van der Waals surface area contributed by atoms with Crippen LogP contribution < -0.4 is 5.32 Å². The van der Waals surface area contributed by atoms with E-state index >= 15 is 0 Å². The zero-order chi connectivity index (χ0) is 19.4. The summed E-state index contributed by atoms with van der Waals surface area (Å²) in [5.74, 6) is 3.55. The van der Waals surface area contributed by atoms with Crippen molar-refractivity contribution in [3.8, 4) is 0 Å². The van der Waals surface area contributed by atoms with E-state index in [1.54, 1.807) is 7.11 Å². The van der Waals surface area contributed by atoms with Gasteiger partial charge in [-0.15, -0.1) is 10.2 Å². The van der Waals surface area contributed by atoms with Crippen LogP contribution in [0.5, 0.6) is 0 Å². The number of hydrogen-bond donors (Lipinski definition) is 1. The van der Waals surface area contributed by atoms with Gasteiger partial charge in [-0.1, -0.05) is 13.8 Å². The van der Waals surface area contributed by atoms with E-state index in [2.05, 4.69) is 25.0 Å². The summed E-state index contributed by atoms with van der Waals surface area (Å²) in [5, 5.41) is 11.7. The van der Waals surface area contributed by atoms with E-state index in [4.69, 9.17) is 9.15 Å². The molecule has 1 amide bonds. The van der Waals surface area contributed by atoms with Crippen LogP contribution >= 0.6 is 0 Å². The van der Waals surface area contributed by atoms with Gasteiger partial charge in [-0.3, -0.25) is 9.69 Å². The van der Waals surface area contributed by atoms with Crippen molar-refractivity contribution < 1.29 is 13.9 Å². The van der Waals surface area contributed by atoms with Crippen LogP contribution in [0.25, 0.3) is 0 Å². The molecule has 3 rings (SSSR count). The smallest absolute Gasteiger partial charge is 0.223 e. The summed E-state index contributed by atoms with van der Waals surface area (Å²) >= 11 is 0. The molecule has 1 aliphatic heterocycles. The van der Waals surface area contributed by atoms with Gasteiger partial charge in [0.1, 0.15) is 24.0 Å². The van der Waals surface area contributed by atoms with E-state index in [0.717, 1.165) is 55.8 Å². The summed E-state index contributed by atoms with van der Waals surface area (Å²) in [4.78, 5) is 14.3. The highest BCUT2D eigenvalue weighted by molar-refractivity contribution is 5.78. The average molecular weight is 375 g/mol. The number of rotatable bonds is 7. The van der Waals surface area contributed by atoms with Crippen molar-refractivity contribution in [3.63, 3.8) is 0 Å². The first-order chi connectivity index (χ1) is 13.0. The molecule has 1 unspecified atom stereocenters. The Bertz CT molecular complexity index is 767.